The average molecular weight is 500 g/mol. The molecule has 182 valence electrons. The number of nitrogens with one attached hydrogen (secondary N) is 1. The van der Waals surface area contributed by atoms with Crippen LogP contribution in [-0.4, -0.2) is 46.9 Å². The Morgan fingerprint density at radius 2 is 1.69 bits per heavy atom. The number of ether oxygens (including phenoxy) is 2. The Balaban J connectivity index is 1.48. The number of carbonyl (C=O) groups excluding carboxylic acids is 1. The number of allylic oxidation sites excluding steroid dienone is 1. The van der Waals surface area contributed by atoms with Gasteiger partial charge in [0.1, 0.15) is 0 Å². The van der Waals surface area contributed by atoms with Gasteiger partial charge in [-0.25, -0.2) is 5.43 Å². The van der Waals surface area contributed by atoms with Crippen LogP contribution in [0, 0.1) is 0 Å². The highest BCUT2D eigenvalue weighted by Crippen LogP contribution is 2.34. The van der Waals surface area contributed by atoms with E-state index in [9.17, 15) is 4.79 Å². The summed E-state index contributed by atoms with van der Waals surface area (Å²) >= 11 is 1.27. The van der Waals surface area contributed by atoms with Gasteiger partial charge in [0, 0.05) is 17.5 Å². The van der Waals surface area contributed by atoms with Crippen LogP contribution in [0.4, 0.5) is 0 Å². The van der Waals surface area contributed by atoms with Gasteiger partial charge in [-0.1, -0.05) is 66.4 Å². The number of carbonyl (C=O) groups is 1. The van der Waals surface area contributed by atoms with Crippen LogP contribution in [0.25, 0.3) is 23.2 Å². The molecule has 0 saturated heterocycles. The quantitative estimate of drug-likeness (QED) is 0.190. The van der Waals surface area contributed by atoms with Crippen molar-refractivity contribution in [2.45, 2.75) is 5.16 Å². The van der Waals surface area contributed by atoms with Crippen LogP contribution in [0.1, 0.15) is 5.56 Å². The van der Waals surface area contributed by atoms with Crippen molar-refractivity contribution in [2.75, 3.05) is 20.0 Å². The Labute approximate surface area is 213 Å². The maximum absolute atomic E-state index is 12.4. The van der Waals surface area contributed by atoms with E-state index < -0.39 is 0 Å². The molecule has 4 rings (SSSR count). The highest BCUT2D eigenvalue weighted by atomic mass is 32.2. The van der Waals surface area contributed by atoms with Crippen molar-refractivity contribution in [3.63, 3.8) is 0 Å². The van der Waals surface area contributed by atoms with Gasteiger partial charge in [-0.3, -0.25) is 9.36 Å². The van der Waals surface area contributed by atoms with Gasteiger partial charge in [0.15, 0.2) is 22.5 Å². The fourth-order valence-corrected chi connectivity index (χ4v) is 4.11. The third-order valence-electron chi connectivity index (χ3n) is 5.06. The molecule has 1 amide bonds. The maximum Gasteiger partial charge on any atom is 0.250 e. The van der Waals surface area contributed by atoms with Gasteiger partial charge >= 0.3 is 0 Å². The number of para-hydroxylation sites is 1. The zero-order valence-electron chi connectivity index (χ0n) is 19.9. The Kier molecular flexibility index (Phi) is 8.50. The molecule has 0 saturated carbocycles. The first-order valence-electron chi connectivity index (χ1n) is 11.1. The molecule has 0 aliphatic rings. The summed E-state index contributed by atoms with van der Waals surface area (Å²) in [7, 11) is 3.18. The summed E-state index contributed by atoms with van der Waals surface area (Å²) in [5, 5.41) is 13.3. The second kappa shape index (κ2) is 12.4. The van der Waals surface area contributed by atoms with E-state index in [-0.39, 0.29) is 11.7 Å². The standard InChI is InChI=1S/C27H25N5O3S/c1-34-23-16-15-21(18-24(23)35-2)26-30-31-27(32(26)22-13-7-4-8-14-22)36-19-25(33)29-28-17-9-12-20-10-5-3-6-11-20/h3-18H,19H2,1-2H3,(H,29,33)/b12-9+,28-17-. The molecule has 0 atom stereocenters. The van der Waals surface area contributed by atoms with Crippen molar-refractivity contribution < 1.29 is 14.3 Å². The summed E-state index contributed by atoms with van der Waals surface area (Å²) in [6.07, 6.45) is 5.21. The van der Waals surface area contributed by atoms with Crippen LogP contribution >= 0.6 is 11.8 Å². The Bertz CT molecular complexity index is 1350. The minimum atomic E-state index is -0.250. The summed E-state index contributed by atoms with van der Waals surface area (Å²) < 4.78 is 12.7. The number of hydrogen-bond donors (Lipinski definition) is 1. The first kappa shape index (κ1) is 24.7. The summed E-state index contributed by atoms with van der Waals surface area (Å²) in [5.41, 5.74) is 5.26. The highest BCUT2D eigenvalue weighted by Gasteiger charge is 2.18. The van der Waals surface area contributed by atoms with E-state index >= 15 is 0 Å². The van der Waals surface area contributed by atoms with E-state index in [1.807, 2.05) is 89.5 Å². The molecular formula is C27H25N5O3S. The SMILES string of the molecule is COc1ccc(-c2nnc(SCC(=O)N/N=C\C=C\c3ccccc3)n2-c2ccccc2)cc1OC. The van der Waals surface area contributed by atoms with Crippen molar-refractivity contribution in [2.24, 2.45) is 5.10 Å². The number of nitrogens with zero attached hydrogens (tertiary/aromatic N) is 4. The molecule has 0 radical (unpaired) electrons. The number of hydrazone groups is 1. The van der Waals surface area contributed by atoms with E-state index in [4.69, 9.17) is 9.47 Å². The predicted octanol–water partition coefficient (Wildman–Crippen LogP) is 4.86. The minimum absolute atomic E-state index is 0.122. The monoisotopic (exact) mass is 499 g/mol. The van der Waals surface area contributed by atoms with E-state index in [1.165, 1.54) is 18.0 Å². The molecule has 9 heteroatoms. The number of benzene rings is 3. The smallest absolute Gasteiger partial charge is 0.250 e. The normalized spacial score (nSPS) is 11.2. The number of hydrogen-bond acceptors (Lipinski definition) is 7. The third-order valence-corrected chi connectivity index (χ3v) is 5.99. The molecule has 8 nitrogen and oxygen atoms in total. The first-order valence-corrected chi connectivity index (χ1v) is 12.1. The van der Waals surface area contributed by atoms with Gasteiger partial charge in [0.25, 0.3) is 5.91 Å². The second-order valence-corrected chi connectivity index (χ2v) is 8.36. The number of aromatic nitrogens is 3. The van der Waals surface area contributed by atoms with Crippen molar-refractivity contribution in [3.8, 4) is 28.6 Å². The average Bonchev–Trinajstić information content (AvgIpc) is 3.36. The van der Waals surface area contributed by atoms with Crippen LogP contribution in [0.3, 0.4) is 0 Å². The fourth-order valence-electron chi connectivity index (χ4n) is 3.37. The van der Waals surface area contributed by atoms with Crippen LogP contribution in [0.15, 0.2) is 95.2 Å². The van der Waals surface area contributed by atoms with Gasteiger partial charge in [0.05, 0.1) is 20.0 Å². The molecule has 0 bridgehead atoms. The molecule has 1 N–H and O–H groups in total. The Morgan fingerprint density at radius 1 is 0.972 bits per heavy atom. The van der Waals surface area contributed by atoms with Crippen molar-refractivity contribution >= 4 is 30.0 Å². The zero-order chi connectivity index (χ0) is 25.2. The topological polar surface area (TPSA) is 90.6 Å². The molecule has 1 aromatic heterocycles. The second-order valence-electron chi connectivity index (χ2n) is 7.42. The van der Waals surface area contributed by atoms with E-state index in [1.54, 1.807) is 20.3 Å². The van der Waals surface area contributed by atoms with Crippen LogP contribution in [0.2, 0.25) is 0 Å². The summed E-state index contributed by atoms with van der Waals surface area (Å²) in [6.45, 7) is 0. The third kappa shape index (κ3) is 6.19. The lowest BCUT2D eigenvalue weighted by molar-refractivity contribution is -0.118. The number of thioether (sulfide) groups is 1. The number of rotatable bonds is 10. The molecule has 3 aromatic carbocycles. The molecule has 36 heavy (non-hydrogen) atoms. The Hall–Kier alpha value is -4.37. The molecule has 1 heterocycles. The largest absolute Gasteiger partial charge is 0.493 e. The predicted molar refractivity (Wildman–Crippen MR) is 143 cm³/mol. The van der Waals surface area contributed by atoms with Gasteiger partial charge in [-0.05, 0) is 42.0 Å². The van der Waals surface area contributed by atoms with Crippen molar-refractivity contribution in [1.29, 1.82) is 0 Å². The Morgan fingerprint density at radius 3 is 2.42 bits per heavy atom. The van der Waals surface area contributed by atoms with Crippen molar-refractivity contribution in [1.82, 2.24) is 20.2 Å². The summed E-state index contributed by atoms with van der Waals surface area (Å²) in [6, 6.07) is 25.1. The fraction of sp³-hybridized carbons (Fsp3) is 0.111. The molecule has 0 unspecified atom stereocenters. The molecular weight excluding hydrogens is 474 g/mol. The highest BCUT2D eigenvalue weighted by molar-refractivity contribution is 7.99. The molecule has 4 aromatic rings. The number of amides is 1. The maximum atomic E-state index is 12.4. The van der Waals surface area contributed by atoms with Gasteiger partial charge in [-0.15, -0.1) is 10.2 Å². The van der Waals surface area contributed by atoms with Crippen LogP contribution < -0.4 is 14.9 Å². The minimum Gasteiger partial charge on any atom is -0.493 e. The van der Waals surface area contributed by atoms with Gasteiger partial charge in [-0.2, -0.15) is 5.10 Å². The van der Waals surface area contributed by atoms with Crippen LogP contribution in [0.5, 0.6) is 11.5 Å². The lowest BCUT2D eigenvalue weighted by atomic mass is 10.2. The lowest BCUT2D eigenvalue weighted by Gasteiger charge is -2.12. The van der Waals surface area contributed by atoms with Crippen molar-refractivity contribution in [3.05, 3.63) is 90.5 Å². The lowest BCUT2D eigenvalue weighted by Crippen LogP contribution is -2.19. The zero-order valence-corrected chi connectivity index (χ0v) is 20.7. The van der Waals surface area contributed by atoms with E-state index in [0.717, 1.165) is 16.8 Å². The molecule has 0 spiro atoms. The van der Waals surface area contributed by atoms with Crippen LogP contribution in [-0.2, 0) is 4.79 Å². The first-order chi connectivity index (χ1) is 17.7. The number of methoxy groups -OCH3 is 2. The van der Waals surface area contributed by atoms with Gasteiger partial charge < -0.3 is 9.47 Å². The van der Waals surface area contributed by atoms with Gasteiger partial charge in [0.2, 0.25) is 0 Å². The molecule has 0 aliphatic carbocycles. The van der Waals surface area contributed by atoms with E-state index in [0.29, 0.717) is 22.5 Å². The summed E-state index contributed by atoms with van der Waals surface area (Å²) in [4.78, 5) is 12.4. The molecule has 0 fully saturated rings. The van der Waals surface area contributed by atoms with E-state index in [2.05, 4.69) is 20.7 Å². The molecule has 0 aliphatic heterocycles. The summed E-state index contributed by atoms with van der Waals surface area (Å²) in [5.74, 6) is 1.70.